The van der Waals surface area contributed by atoms with Crippen LogP contribution < -0.4 is 4.72 Å². The van der Waals surface area contributed by atoms with E-state index in [1.807, 2.05) is 42.0 Å². The standard InChI is InChI=1S/C19H21ClN2O3S/c1-3-19(13-23,14-7-9-15(20)10-8-14)22-12-11-16-17(21-26(2,24)25)5-4-6-18(16)22/h4-12,21,23H,3,13H2,1-2H3/t19-/m1/s1. The molecule has 1 heterocycles. The summed E-state index contributed by atoms with van der Waals surface area (Å²) in [6.45, 7) is 1.91. The van der Waals surface area contributed by atoms with Gasteiger partial charge in [-0.3, -0.25) is 4.72 Å². The molecule has 3 aromatic rings. The second-order valence-corrected chi connectivity index (χ2v) is 8.53. The highest BCUT2D eigenvalue weighted by Gasteiger charge is 2.32. The number of hydrogen-bond acceptors (Lipinski definition) is 3. The van der Waals surface area contributed by atoms with Crippen molar-refractivity contribution in [3.05, 3.63) is 65.3 Å². The highest BCUT2D eigenvalue weighted by molar-refractivity contribution is 7.92. The Hall–Kier alpha value is -2.02. The van der Waals surface area contributed by atoms with Gasteiger partial charge >= 0.3 is 0 Å². The van der Waals surface area contributed by atoms with E-state index in [2.05, 4.69) is 4.72 Å². The van der Waals surface area contributed by atoms with Gasteiger partial charge in [0.1, 0.15) is 0 Å². The lowest BCUT2D eigenvalue weighted by Gasteiger charge is -2.34. The number of rotatable bonds is 6. The molecule has 0 unspecified atom stereocenters. The molecule has 1 atom stereocenters. The number of nitrogens with zero attached hydrogens (tertiary/aromatic N) is 1. The van der Waals surface area contributed by atoms with Crippen LogP contribution in [0.15, 0.2) is 54.7 Å². The second kappa shape index (κ2) is 6.95. The highest BCUT2D eigenvalue weighted by Crippen LogP contribution is 2.36. The molecule has 138 valence electrons. The number of hydrogen-bond donors (Lipinski definition) is 2. The summed E-state index contributed by atoms with van der Waals surface area (Å²) in [5, 5.41) is 11.7. The first-order chi connectivity index (χ1) is 12.3. The van der Waals surface area contributed by atoms with Crippen molar-refractivity contribution >= 4 is 38.2 Å². The Morgan fingerprint density at radius 3 is 2.42 bits per heavy atom. The Balaban J connectivity index is 2.22. The Morgan fingerprint density at radius 1 is 1.15 bits per heavy atom. The van der Waals surface area contributed by atoms with E-state index in [1.165, 1.54) is 0 Å². The third-order valence-corrected chi connectivity index (χ3v) is 5.56. The smallest absolute Gasteiger partial charge is 0.229 e. The first-order valence-electron chi connectivity index (χ1n) is 8.26. The van der Waals surface area contributed by atoms with E-state index < -0.39 is 15.6 Å². The molecule has 2 aromatic carbocycles. The van der Waals surface area contributed by atoms with Crippen LogP contribution >= 0.6 is 11.6 Å². The van der Waals surface area contributed by atoms with Gasteiger partial charge in [-0.2, -0.15) is 0 Å². The van der Waals surface area contributed by atoms with E-state index >= 15 is 0 Å². The summed E-state index contributed by atoms with van der Waals surface area (Å²) in [5.41, 5.74) is 1.62. The predicted molar refractivity (Wildman–Crippen MR) is 106 cm³/mol. The van der Waals surface area contributed by atoms with Crippen molar-refractivity contribution in [2.75, 3.05) is 17.6 Å². The summed E-state index contributed by atoms with van der Waals surface area (Å²) in [7, 11) is -3.39. The Labute approximate surface area is 158 Å². The van der Waals surface area contributed by atoms with Crippen LogP contribution in [0.2, 0.25) is 5.02 Å². The van der Waals surface area contributed by atoms with Gasteiger partial charge in [0.15, 0.2) is 0 Å². The molecule has 0 aliphatic rings. The first kappa shape index (κ1) is 18.8. The third kappa shape index (κ3) is 3.32. The zero-order valence-corrected chi connectivity index (χ0v) is 16.2. The largest absolute Gasteiger partial charge is 0.394 e. The minimum atomic E-state index is -3.39. The molecule has 0 aliphatic heterocycles. The van der Waals surface area contributed by atoms with Crippen LogP contribution in [-0.2, 0) is 15.6 Å². The lowest BCUT2D eigenvalue weighted by Crippen LogP contribution is -2.37. The van der Waals surface area contributed by atoms with Crippen molar-refractivity contribution in [2.45, 2.75) is 18.9 Å². The van der Waals surface area contributed by atoms with Crippen molar-refractivity contribution in [2.24, 2.45) is 0 Å². The van der Waals surface area contributed by atoms with Gasteiger partial charge < -0.3 is 9.67 Å². The molecule has 0 saturated carbocycles. The lowest BCUT2D eigenvalue weighted by molar-refractivity contribution is 0.165. The third-order valence-electron chi connectivity index (χ3n) is 4.72. The van der Waals surface area contributed by atoms with Crippen LogP contribution in [0, 0.1) is 0 Å². The fourth-order valence-corrected chi connectivity index (χ4v) is 4.09. The van der Waals surface area contributed by atoms with Gasteiger partial charge in [-0.15, -0.1) is 0 Å². The number of anilines is 1. The summed E-state index contributed by atoms with van der Waals surface area (Å²) in [6, 6.07) is 14.7. The zero-order chi connectivity index (χ0) is 18.9. The van der Waals surface area contributed by atoms with E-state index in [0.29, 0.717) is 17.1 Å². The summed E-state index contributed by atoms with van der Waals surface area (Å²) < 4.78 is 27.8. The first-order valence-corrected chi connectivity index (χ1v) is 10.5. The van der Waals surface area contributed by atoms with Crippen molar-refractivity contribution < 1.29 is 13.5 Å². The normalized spacial score (nSPS) is 14.3. The van der Waals surface area contributed by atoms with E-state index in [9.17, 15) is 13.5 Å². The van der Waals surface area contributed by atoms with Gasteiger partial charge in [0, 0.05) is 16.6 Å². The molecular formula is C19H21ClN2O3S. The van der Waals surface area contributed by atoms with E-state index in [0.717, 1.165) is 22.7 Å². The summed E-state index contributed by atoms with van der Waals surface area (Å²) in [6.07, 6.45) is 3.66. The minimum Gasteiger partial charge on any atom is -0.394 e. The second-order valence-electron chi connectivity index (χ2n) is 6.35. The molecule has 26 heavy (non-hydrogen) atoms. The molecule has 1 aromatic heterocycles. The molecule has 3 rings (SSSR count). The molecule has 0 spiro atoms. The summed E-state index contributed by atoms with van der Waals surface area (Å²) in [4.78, 5) is 0. The van der Waals surface area contributed by atoms with Crippen LogP contribution in [0.25, 0.3) is 10.9 Å². The van der Waals surface area contributed by atoms with Crippen molar-refractivity contribution in [1.82, 2.24) is 4.57 Å². The number of nitrogens with one attached hydrogen (secondary N) is 1. The summed E-state index contributed by atoms with van der Waals surface area (Å²) >= 11 is 6.02. The molecule has 0 aliphatic carbocycles. The maximum Gasteiger partial charge on any atom is 0.229 e. The van der Waals surface area contributed by atoms with Crippen molar-refractivity contribution in [3.63, 3.8) is 0 Å². The molecule has 0 radical (unpaired) electrons. The van der Waals surface area contributed by atoms with Crippen LogP contribution in [0.4, 0.5) is 5.69 Å². The lowest BCUT2D eigenvalue weighted by atomic mass is 9.87. The fourth-order valence-electron chi connectivity index (χ4n) is 3.38. The molecule has 7 heteroatoms. The molecular weight excluding hydrogens is 372 g/mol. The van der Waals surface area contributed by atoms with E-state index in [1.54, 1.807) is 24.3 Å². The number of aliphatic hydroxyl groups excluding tert-OH is 1. The van der Waals surface area contributed by atoms with Gasteiger partial charge in [0.25, 0.3) is 0 Å². The number of aliphatic hydroxyl groups is 1. The fraction of sp³-hybridized carbons (Fsp3) is 0.263. The molecule has 5 nitrogen and oxygen atoms in total. The van der Waals surface area contributed by atoms with Gasteiger partial charge in [-0.25, -0.2) is 8.42 Å². The van der Waals surface area contributed by atoms with Crippen LogP contribution in [-0.4, -0.2) is 31.0 Å². The van der Waals surface area contributed by atoms with Crippen LogP contribution in [0.5, 0.6) is 0 Å². The minimum absolute atomic E-state index is 0.0986. The molecule has 2 N–H and O–H groups in total. The summed E-state index contributed by atoms with van der Waals surface area (Å²) in [5.74, 6) is 0. The number of fused-ring (bicyclic) bond motifs is 1. The van der Waals surface area contributed by atoms with Crippen LogP contribution in [0.1, 0.15) is 18.9 Å². The molecule has 0 saturated heterocycles. The van der Waals surface area contributed by atoms with Crippen LogP contribution in [0.3, 0.4) is 0 Å². The van der Waals surface area contributed by atoms with Gasteiger partial charge in [0.2, 0.25) is 10.0 Å². The molecule has 0 bridgehead atoms. The maximum absolute atomic E-state index is 11.6. The number of aromatic nitrogens is 1. The number of sulfonamides is 1. The highest BCUT2D eigenvalue weighted by atomic mass is 35.5. The SMILES string of the molecule is CC[C@@](CO)(c1ccc(Cl)cc1)n1ccc2c(NS(C)(=O)=O)cccc21. The zero-order valence-electron chi connectivity index (χ0n) is 14.6. The Bertz CT molecular complexity index is 1020. The van der Waals surface area contributed by atoms with Gasteiger partial charge in [-0.1, -0.05) is 36.7 Å². The average Bonchev–Trinajstić information content (AvgIpc) is 3.03. The molecule has 0 amide bonds. The van der Waals surface area contributed by atoms with Gasteiger partial charge in [0.05, 0.1) is 29.6 Å². The van der Waals surface area contributed by atoms with E-state index in [-0.39, 0.29) is 6.61 Å². The number of halogens is 1. The quantitative estimate of drug-likeness (QED) is 0.670. The predicted octanol–water partition coefficient (Wildman–Crippen LogP) is 3.81. The van der Waals surface area contributed by atoms with E-state index in [4.69, 9.17) is 11.6 Å². The average molecular weight is 393 g/mol. The number of benzene rings is 2. The monoisotopic (exact) mass is 392 g/mol. The topological polar surface area (TPSA) is 71.3 Å². The Morgan fingerprint density at radius 2 is 1.85 bits per heavy atom. The van der Waals surface area contributed by atoms with Crippen molar-refractivity contribution in [1.29, 1.82) is 0 Å². The Kier molecular flexibility index (Phi) is 5.01. The van der Waals surface area contributed by atoms with Crippen molar-refractivity contribution in [3.8, 4) is 0 Å². The molecule has 0 fully saturated rings. The maximum atomic E-state index is 11.6. The van der Waals surface area contributed by atoms with Gasteiger partial charge in [-0.05, 0) is 42.3 Å².